The third kappa shape index (κ3) is 4.50. The Kier molecular flexibility index (Phi) is 6.21. The molecule has 8 aromatic rings. The van der Waals surface area contributed by atoms with Gasteiger partial charge >= 0.3 is 0 Å². The van der Waals surface area contributed by atoms with E-state index in [-0.39, 0.29) is 5.41 Å². The normalized spacial score (nSPS) is 12.3. The summed E-state index contributed by atoms with van der Waals surface area (Å²) in [5, 5.41) is 5.60. The van der Waals surface area contributed by atoms with Crippen LogP contribution in [0.25, 0.3) is 64.6 Å². The zero-order chi connectivity index (χ0) is 29.8. The maximum atomic E-state index is 6.48. The van der Waals surface area contributed by atoms with Crippen molar-refractivity contribution in [1.82, 2.24) is 4.98 Å². The van der Waals surface area contributed by atoms with Crippen LogP contribution >= 0.6 is 11.3 Å². The van der Waals surface area contributed by atoms with Gasteiger partial charge in [0.25, 0.3) is 0 Å². The van der Waals surface area contributed by atoms with Crippen molar-refractivity contribution in [3.05, 3.63) is 132 Å². The summed E-state index contributed by atoms with van der Waals surface area (Å²) in [6.07, 6.45) is 1.97. The second-order valence-electron chi connectivity index (χ2n) is 12.3. The summed E-state index contributed by atoms with van der Waals surface area (Å²) in [7, 11) is 0. The van der Waals surface area contributed by atoms with E-state index in [1.54, 1.807) is 11.3 Å². The molecule has 0 radical (unpaired) electrons. The van der Waals surface area contributed by atoms with Gasteiger partial charge in [0, 0.05) is 39.2 Å². The minimum atomic E-state index is -0.0322. The largest absolute Gasteiger partial charge is 0.455 e. The van der Waals surface area contributed by atoms with Gasteiger partial charge in [0.2, 0.25) is 0 Å². The van der Waals surface area contributed by atoms with Gasteiger partial charge in [-0.1, -0.05) is 112 Å². The number of aromatic nitrogens is 1. The zero-order valence-electron chi connectivity index (χ0n) is 24.8. The minimum Gasteiger partial charge on any atom is -0.455 e. The lowest BCUT2D eigenvalue weighted by Gasteiger charge is -2.20. The van der Waals surface area contributed by atoms with E-state index in [1.165, 1.54) is 16.3 Å². The second kappa shape index (κ2) is 10.3. The molecule has 0 aliphatic heterocycles. The maximum Gasteiger partial charge on any atom is 0.143 e. The number of hydrogen-bond acceptors (Lipinski definition) is 4. The van der Waals surface area contributed by atoms with Crippen LogP contribution in [0.5, 0.6) is 0 Å². The molecule has 8 rings (SSSR count). The highest BCUT2D eigenvalue weighted by Crippen LogP contribution is 2.44. The number of thiazole rings is 1. The molecular formula is C40H30N2OS. The first-order chi connectivity index (χ1) is 21.4. The van der Waals surface area contributed by atoms with Crippen molar-refractivity contribution >= 4 is 66.2 Å². The van der Waals surface area contributed by atoms with Gasteiger partial charge in [-0.05, 0) is 52.1 Å². The summed E-state index contributed by atoms with van der Waals surface area (Å²) in [6, 6.07) is 42.4. The van der Waals surface area contributed by atoms with Crippen LogP contribution in [0, 0.1) is 0 Å². The Hall–Kier alpha value is -5.06. The van der Waals surface area contributed by atoms with E-state index in [4.69, 9.17) is 14.4 Å². The molecule has 0 atom stereocenters. The monoisotopic (exact) mass is 586 g/mol. The third-order valence-corrected chi connectivity index (χ3v) is 9.39. The van der Waals surface area contributed by atoms with Gasteiger partial charge in [-0.25, -0.2) is 4.98 Å². The van der Waals surface area contributed by atoms with Crippen molar-refractivity contribution in [2.45, 2.75) is 26.2 Å². The van der Waals surface area contributed by atoms with Crippen molar-refractivity contribution in [3.63, 3.8) is 0 Å². The molecule has 3 nitrogen and oxygen atoms in total. The van der Waals surface area contributed by atoms with Crippen LogP contribution < -0.4 is 0 Å². The molecule has 44 heavy (non-hydrogen) atoms. The topological polar surface area (TPSA) is 38.4 Å². The van der Waals surface area contributed by atoms with Crippen LogP contribution in [0.3, 0.4) is 0 Å². The number of rotatable bonds is 4. The molecule has 0 unspecified atom stereocenters. The molecule has 4 heteroatoms. The summed E-state index contributed by atoms with van der Waals surface area (Å²) in [4.78, 5) is 10.3. The predicted molar refractivity (Wildman–Crippen MR) is 188 cm³/mol. The van der Waals surface area contributed by atoms with E-state index in [1.807, 2.05) is 24.4 Å². The zero-order valence-corrected chi connectivity index (χ0v) is 25.7. The van der Waals surface area contributed by atoms with Crippen molar-refractivity contribution in [1.29, 1.82) is 0 Å². The van der Waals surface area contributed by atoms with Crippen molar-refractivity contribution in [2.24, 2.45) is 4.99 Å². The van der Waals surface area contributed by atoms with Gasteiger partial charge in [0.05, 0.1) is 15.9 Å². The number of fused-ring (bicyclic) bond motifs is 5. The first-order valence-electron chi connectivity index (χ1n) is 14.9. The van der Waals surface area contributed by atoms with Gasteiger partial charge < -0.3 is 4.42 Å². The summed E-state index contributed by atoms with van der Waals surface area (Å²) >= 11 is 1.72. The van der Waals surface area contributed by atoms with E-state index in [0.717, 1.165) is 65.1 Å². The van der Waals surface area contributed by atoms with Gasteiger partial charge in [-0.2, -0.15) is 0 Å². The quantitative estimate of drug-likeness (QED) is 0.192. The smallest absolute Gasteiger partial charge is 0.143 e. The minimum absolute atomic E-state index is 0.0322. The van der Waals surface area contributed by atoms with E-state index in [9.17, 15) is 0 Å². The highest BCUT2D eigenvalue weighted by molar-refractivity contribution is 7.21. The number of furan rings is 1. The number of hydrogen-bond donors (Lipinski definition) is 0. The first-order valence-corrected chi connectivity index (χ1v) is 15.7. The van der Waals surface area contributed by atoms with Crippen LogP contribution in [0.15, 0.2) is 131 Å². The Bertz CT molecular complexity index is 2380. The molecule has 0 bridgehead atoms. The second-order valence-corrected chi connectivity index (χ2v) is 13.3. The molecule has 0 spiro atoms. The van der Waals surface area contributed by atoms with E-state index in [0.29, 0.717) is 0 Å². The van der Waals surface area contributed by atoms with Gasteiger partial charge in [-0.3, -0.25) is 4.99 Å². The molecule has 212 valence electrons. The lowest BCUT2D eigenvalue weighted by molar-refractivity contribution is 0.591. The molecule has 0 N–H and O–H groups in total. The third-order valence-electron chi connectivity index (χ3n) is 8.36. The number of para-hydroxylation sites is 3. The SMILES string of the molecule is CC(C)(C)c1cc(-c2cccc3c2oc2ccccc23)c2nc(-c3ccccc3/N=C/c3cccc4ccccc34)sc2c1. The Morgan fingerprint density at radius 1 is 0.682 bits per heavy atom. The first kappa shape index (κ1) is 26.6. The Labute approximate surface area is 260 Å². The summed E-state index contributed by atoms with van der Waals surface area (Å²) in [5.74, 6) is 0. The molecule has 0 saturated heterocycles. The van der Waals surface area contributed by atoms with Crippen LogP contribution in [-0.4, -0.2) is 11.2 Å². The molecule has 0 fully saturated rings. The van der Waals surface area contributed by atoms with E-state index < -0.39 is 0 Å². The molecule has 6 aromatic carbocycles. The molecular weight excluding hydrogens is 557 g/mol. The molecule has 0 saturated carbocycles. The lowest BCUT2D eigenvalue weighted by atomic mass is 9.85. The van der Waals surface area contributed by atoms with Crippen molar-refractivity contribution in [2.75, 3.05) is 0 Å². The lowest BCUT2D eigenvalue weighted by Crippen LogP contribution is -2.11. The van der Waals surface area contributed by atoms with E-state index >= 15 is 0 Å². The predicted octanol–water partition coefficient (Wildman–Crippen LogP) is 11.7. The van der Waals surface area contributed by atoms with Gasteiger partial charge in [-0.15, -0.1) is 11.3 Å². The Morgan fingerprint density at radius 3 is 2.27 bits per heavy atom. The van der Waals surface area contributed by atoms with Crippen molar-refractivity contribution in [3.8, 4) is 21.7 Å². The fourth-order valence-electron chi connectivity index (χ4n) is 6.01. The number of benzene rings is 6. The fourth-order valence-corrected chi connectivity index (χ4v) is 7.08. The highest BCUT2D eigenvalue weighted by atomic mass is 32.1. The van der Waals surface area contributed by atoms with Crippen LogP contribution in [-0.2, 0) is 5.41 Å². The number of aliphatic imine (C=N–C) groups is 1. The molecule has 0 amide bonds. The van der Waals surface area contributed by atoms with Crippen molar-refractivity contribution < 1.29 is 4.42 Å². The summed E-state index contributed by atoms with van der Waals surface area (Å²) < 4.78 is 7.64. The van der Waals surface area contributed by atoms with Crippen LogP contribution in [0.4, 0.5) is 5.69 Å². The maximum absolute atomic E-state index is 6.48. The van der Waals surface area contributed by atoms with Gasteiger partial charge in [0.15, 0.2) is 0 Å². The number of nitrogens with zero attached hydrogens (tertiary/aromatic N) is 2. The standard InChI is InChI=1S/C40H30N2OS/c1-40(2,3)27-22-33(31-19-11-18-30-29-16-7-9-21-35(29)43-38(30)31)37-36(23-27)44-39(42-37)32-17-6-8-20-34(32)41-24-26-14-10-13-25-12-4-5-15-28(25)26/h4-24H,1-3H3/b41-24+. The Morgan fingerprint density at radius 2 is 1.39 bits per heavy atom. The highest BCUT2D eigenvalue weighted by Gasteiger charge is 2.22. The average Bonchev–Trinajstić information content (AvgIpc) is 3.65. The van der Waals surface area contributed by atoms with E-state index in [2.05, 4.69) is 124 Å². The van der Waals surface area contributed by atoms with Crippen LogP contribution in [0.1, 0.15) is 31.9 Å². The molecule has 0 aliphatic carbocycles. The van der Waals surface area contributed by atoms with Crippen LogP contribution in [0.2, 0.25) is 0 Å². The summed E-state index contributed by atoms with van der Waals surface area (Å²) in [6.45, 7) is 6.79. The average molecular weight is 587 g/mol. The molecule has 2 heterocycles. The molecule has 2 aromatic heterocycles. The summed E-state index contributed by atoms with van der Waals surface area (Å²) in [5.41, 5.74) is 9.20. The van der Waals surface area contributed by atoms with Gasteiger partial charge in [0.1, 0.15) is 16.2 Å². The fraction of sp³-hybridized carbons (Fsp3) is 0.100. The Balaban J connectivity index is 1.31. The molecule has 0 aliphatic rings.